The molecule has 0 aliphatic carbocycles. The van der Waals surface area contributed by atoms with Gasteiger partial charge < -0.3 is 20.5 Å². The molecule has 2 unspecified atom stereocenters. The number of aliphatic hydroxyl groups is 1. The van der Waals surface area contributed by atoms with Crippen molar-refractivity contribution in [2.24, 2.45) is 4.99 Å². The van der Waals surface area contributed by atoms with Crippen molar-refractivity contribution >= 4 is 5.96 Å². The van der Waals surface area contributed by atoms with Gasteiger partial charge in [0.25, 0.3) is 0 Å². The molecule has 3 N–H and O–H groups in total. The predicted octanol–water partition coefficient (Wildman–Crippen LogP) is 2.88. The Morgan fingerprint density at radius 1 is 1.04 bits per heavy atom. The first-order valence-electron chi connectivity index (χ1n) is 9.09. The number of guanidine groups is 1. The lowest BCUT2D eigenvalue weighted by Crippen LogP contribution is -2.42. The number of hydrogen-bond donors (Lipinski definition) is 3. The molecular formula is C21H29N3O2. The minimum absolute atomic E-state index is 0.0502. The number of nitrogens with one attached hydrogen (secondary N) is 2. The molecule has 0 bridgehead atoms. The van der Waals surface area contributed by atoms with Crippen LogP contribution in [0, 0.1) is 0 Å². The van der Waals surface area contributed by atoms with Gasteiger partial charge in [0, 0.05) is 13.1 Å². The van der Waals surface area contributed by atoms with E-state index < -0.39 is 6.10 Å². The topological polar surface area (TPSA) is 65.9 Å². The summed E-state index contributed by atoms with van der Waals surface area (Å²) >= 11 is 0. The van der Waals surface area contributed by atoms with Crippen molar-refractivity contribution in [2.75, 3.05) is 19.7 Å². The van der Waals surface area contributed by atoms with Crippen molar-refractivity contribution in [1.29, 1.82) is 0 Å². The van der Waals surface area contributed by atoms with Crippen LogP contribution in [0.1, 0.15) is 31.1 Å². The van der Waals surface area contributed by atoms with E-state index >= 15 is 0 Å². The van der Waals surface area contributed by atoms with Crippen molar-refractivity contribution in [2.45, 2.75) is 32.6 Å². The standard InChI is InChI=1S/C21H29N3O2/c1-3-22-21(23-14-18-10-6-4-7-11-18)24-15-20(25)16-26-17(2)19-12-8-5-9-13-19/h4-13,17,20,25H,3,14-16H2,1-2H3,(H2,22,23,24). The van der Waals surface area contributed by atoms with Crippen LogP contribution in [0.3, 0.4) is 0 Å². The van der Waals surface area contributed by atoms with E-state index in [0.29, 0.717) is 19.0 Å². The first-order chi connectivity index (χ1) is 12.7. The van der Waals surface area contributed by atoms with E-state index in [9.17, 15) is 5.11 Å². The highest BCUT2D eigenvalue weighted by molar-refractivity contribution is 5.79. The molecule has 26 heavy (non-hydrogen) atoms. The summed E-state index contributed by atoms with van der Waals surface area (Å²) in [7, 11) is 0. The summed E-state index contributed by atoms with van der Waals surface area (Å²) in [6.45, 7) is 6.00. The average Bonchev–Trinajstić information content (AvgIpc) is 2.69. The third-order valence-corrected chi connectivity index (χ3v) is 3.92. The number of hydrogen-bond acceptors (Lipinski definition) is 3. The van der Waals surface area contributed by atoms with Crippen LogP contribution in [-0.2, 0) is 11.3 Å². The summed E-state index contributed by atoms with van der Waals surface area (Å²) in [6.07, 6.45) is -0.660. The van der Waals surface area contributed by atoms with Gasteiger partial charge >= 0.3 is 0 Å². The summed E-state index contributed by atoms with van der Waals surface area (Å²) in [5.74, 6) is 0.687. The maximum absolute atomic E-state index is 10.2. The van der Waals surface area contributed by atoms with E-state index in [-0.39, 0.29) is 12.7 Å². The minimum Gasteiger partial charge on any atom is -0.389 e. The molecule has 0 spiro atoms. The van der Waals surface area contributed by atoms with Gasteiger partial charge in [-0.05, 0) is 25.0 Å². The average molecular weight is 355 g/mol. The zero-order chi connectivity index (χ0) is 18.6. The van der Waals surface area contributed by atoms with Gasteiger partial charge in [0.05, 0.1) is 25.4 Å². The van der Waals surface area contributed by atoms with Crippen molar-refractivity contribution in [3.05, 3.63) is 71.8 Å². The normalized spacial score (nSPS) is 13.9. The molecule has 0 aliphatic rings. The maximum atomic E-state index is 10.2. The van der Waals surface area contributed by atoms with Gasteiger partial charge in [0.1, 0.15) is 0 Å². The molecule has 2 rings (SSSR count). The van der Waals surface area contributed by atoms with E-state index in [2.05, 4.69) is 15.6 Å². The fourth-order valence-electron chi connectivity index (χ4n) is 2.44. The van der Waals surface area contributed by atoms with Gasteiger partial charge in [-0.25, -0.2) is 4.99 Å². The number of ether oxygens (including phenoxy) is 1. The van der Waals surface area contributed by atoms with Gasteiger partial charge in [-0.3, -0.25) is 0 Å². The number of nitrogens with zero attached hydrogens (tertiary/aromatic N) is 1. The highest BCUT2D eigenvalue weighted by atomic mass is 16.5. The van der Waals surface area contributed by atoms with Gasteiger partial charge in [-0.2, -0.15) is 0 Å². The van der Waals surface area contributed by atoms with Crippen LogP contribution in [0.2, 0.25) is 0 Å². The summed E-state index contributed by atoms with van der Waals surface area (Å²) in [6, 6.07) is 20.1. The van der Waals surface area contributed by atoms with Crippen LogP contribution in [0.5, 0.6) is 0 Å². The molecule has 0 aliphatic heterocycles. The van der Waals surface area contributed by atoms with Crippen molar-refractivity contribution in [3.8, 4) is 0 Å². The van der Waals surface area contributed by atoms with Crippen LogP contribution in [0.15, 0.2) is 65.7 Å². The summed E-state index contributed by atoms with van der Waals surface area (Å²) in [5, 5.41) is 16.5. The molecule has 0 radical (unpaired) electrons. The van der Waals surface area contributed by atoms with Gasteiger partial charge in [0.15, 0.2) is 5.96 Å². The molecule has 0 saturated heterocycles. The second-order valence-electron chi connectivity index (χ2n) is 6.10. The summed E-state index contributed by atoms with van der Waals surface area (Å²) in [5.41, 5.74) is 2.25. The Hall–Kier alpha value is -2.37. The first-order valence-corrected chi connectivity index (χ1v) is 9.09. The Balaban J connectivity index is 1.76. The van der Waals surface area contributed by atoms with Crippen LogP contribution in [0.4, 0.5) is 0 Å². The quantitative estimate of drug-likeness (QED) is 0.478. The Morgan fingerprint density at radius 2 is 1.69 bits per heavy atom. The molecule has 0 saturated carbocycles. The van der Waals surface area contributed by atoms with E-state index in [1.165, 1.54) is 0 Å². The SMILES string of the molecule is CCNC(=NCc1ccccc1)NCC(O)COC(C)c1ccccc1. The molecule has 0 fully saturated rings. The molecule has 2 aromatic carbocycles. The molecule has 0 aromatic heterocycles. The van der Waals surface area contributed by atoms with E-state index in [1.807, 2.05) is 74.5 Å². The molecule has 0 heterocycles. The van der Waals surface area contributed by atoms with Crippen LogP contribution in [0.25, 0.3) is 0 Å². The lowest BCUT2D eigenvalue weighted by molar-refractivity contribution is -0.000599. The third kappa shape index (κ3) is 7.25. The number of aliphatic imine (C=N–C) groups is 1. The Morgan fingerprint density at radius 3 is 2.35 bits per heavy atom. The van der Waals surface area contributed by atoms with Gasteiger partial charge in [-0.1, -0.05) is 60.7 Å². The zero-order valence-corrected chi connectivity index (χ0v) is 15.6. The van der Waals surface area contributed by atoms with Gasteiger partial charge in [0.2, 0.25) is 0 Å². The lowest BCUT2D eigenvalue weighted by atomic mass is 10.1. The Kier molecular flexibility index (Phi) is 8.66. The molecule has 2 atom stereocenters. The molecule has 0 amide bonds. The second kappa shape index (κ2) is 11.3. The Bertz CT molecular complexity index is 647. The summed E-state index contributed by atoms with van der Waals surface area (Å²) < 4.78 is 5.76. The minimum atomic E-state index is -0.609. The first kappa shape index (κ1) is 19.9. The van der Waals surface area contributed by atoms with Crippen molar-refractivity contribution in [3.63, 3.8) is 0 Å². The molecule has 140 valence electrons. The molecule has 5 nitrogen and oxygen atoms in total. The third-order valence-electron chi connectivity index (χ3n) is 3.92. The highest BCUT2D eigenvalue weighted by Gasteiger charge is 2.10. The lowest BCUT2D eigenvalue weighted by Gasteiger charge is -2.18. The van der Waals surface area contributed by atoms with Crippen molar-refractivity contribution < 1.29 is 9.84 Å². The largest absolute Gasteiger partial charge is 0.389 e. The van der Waals surface area contributed by atoms with Gasteiger partial charge in [-0.15, -0.1) is 0 Å². The van der Waals surface area contributed by atoms with E-state index in [0.717, 1.165) is 17.7 Å². The maximum Gasteiger partial charge on any atom is 0.191 e. The Labute approximate surface area is 156 Å². The molecule has 2 aromatic rings. The monoisotopic (exact) mass is 355 g/mol. The fraction of sp³-hybridized carbons (Fsp3) is 0.381. The number of rotatable bonds is 9. The van der Waals surface area contributed by atoms with E-state index in [1.54, 1.807) is 0 Å². The molecule has 5 heteroatoms. The highest BCUT2D eigenvalue weighted by Crippen LogP contribution is 2.15. The van der Waals surface area contributed by atoms with E-state index in [4.69, 9.17) is 4.74 Å². The van der Waals surface area contributed by atoms with Crippen molar-refractivity contribution in [1.82, 2.24) is 10.6 Å². The zero-order valence-electron chi connectivity index (χ0n) is 15.6. The molecular weight excluding hydrogens is 326 g/mol. The fourth-order valence-corrected chi connectivity index (χ4v) is 2.44. The number of aliphatic hydroxyl groups excluding tert-OH is 1. The van der Waals surface area contributed by atoms with Crippen LogP contribution in [-0.4, -0.2) is 36.9 Å². The smallest absolute Gasteiger partial charge is 0.191 e. The summed E-state index contributed by atoms with van der Waals surface area (Å²) in [4.78, 5) is 4.54. The van der Waals surface area contributed by atoms with Crippen LogP contribution < -0.4 is 10.6 Å². The number of benzene rings is 2. The second-order valence-corrected chi connectivity index (χ2v) is 6.10. The van der Waals surface area contributed by atoms with Crippen LogP contribution >= 0.6 is 0 Å². The predicted molar refractivity (Wildman–Crippen MR) is 106 cm³/mol.